The maximum atomic E-state index is 11.0. The normalized spacial score (nSPS) is 10.2. The zero-order valence-corrected chi connectivity index (χ0v) is 7.61. The van der Waals surface area contributed by atoms with Gasteiger partial charge >= 0.3 is 0 Å². The highest BCUT2D eigenvalue weighted by atomic mass is 16.1. The monoisotopic (exact) mass is 158 g/mol. The van der Waals surface area contributed by atoms with E-state index >= 15 is 0 Å². The number of likely N-dealkylation sites (N-methyl/N-ethyl adjacent to an activating group) is 1. The summed E-state index contributed by atoms with van der Waals surface area (Å²) in [5, 5.41) is 5.94. The Hall–Kier alpha value is -0.570. The Morgan fingerprint density at radius 2 is 2.00 bits per heavy atom. The lowest BCUT2D eigenvalue weighted by Crippen LogP contribution is -2.34. The molecule has 3 nitrogen and oxygen atoms in total. The highest BCUT2D eigenvalue weighted by Gasteiger charge is 2.03. The topological polar surface area (TPSA) is 41.1 Å². The molecule has 0 heterocycles. The maximum absolute atomic E-state index is 11.0. The minimum atomic E-state index is 0.0941. The van der Waals surface area contributed by atoms with Crippen molar-refractivity contribution in [1.82, 2.24) is 10.6 Å². The molecule has 1 amide bonds. The van der Waals surface area contributed by atoms with Crippen LogP contribution >= 0.6 is 0 Å². The van der Waals surface area contributed by atoms with Gasteiger partial charge in [0.05, 0.1) is 0 Å². The Labute approximate surface area is 68.6 Å². The Balaban J connectivity index is 3.18. The summed E-state index contributed by atoms with van der Waals surface area (Å²) in [5.41, 5.74) is 0. The van der Waals surface area contributed by atoms with Crippen LogP contribution in [0.2, 0.25) is 0 Å². The molecule has 0 unspecified atom stereocenters. The fourth-order valence-electron chi connectivity index (χ4n) is 0.655. The molecule has 0 saturated carbocycles. The predicted octanol–water partition coefficient (Wildman–Crippen LogP) is 0.368. The zero-order valence-electron chi connectivity index (χ0n) is 7.61. The molecule has 0 radical (unpaired) electrons. The van der Waals surface area contributed by atoms with Gasteiger partial charge in [0, 0.05) is 19.0 Å². The summed E-state index contributed by atoms with van der Waals surface area (Å²) >= 11 is 0. The predicted molar refractivity (Wildman–Crippen MR) is 46.4 cm³/mol. The first-order valence-electron chi connectivity index (χ1n) is 4.17. The van der Waals surface area contributed by atoms with Crippen LogP contribution in [0.15, 0.2) is 0 Å². The molecule has 0 aliphatic heterocycles. The molecular formula is C8H18N2O. The second-order valence-corrected chi connectivity index (χ2v) is 2.80. The summed E-state index contributed by atoms with van der Waals surface area (Å²) in [5.74, 6) is 0.222. The molecule has 0 saturated heterocycles. The Morgan fingerprint density at radius 3 is 2.45 bits per heavy atom. The molecule has 66 valence electrons. The van der Waals surface area contributed by atoms with Gasteiger partial charge in [0.25, 0.3) is 0 Å². The number of amides is 1. The van der Waals surface area contributed by atoms with Crippen LogP contribution in [0.1, 0.15) is 20.8 Å². The van der Waals surface area contributed by atoms with E-state index in [4.69, 9.17) is 0 Å². The maximum Gasteiger partial charge on any atom is 0.222 e. The van der Waals surface area contributed by atoms with E-state index in [0.29, 0.717) is 0 Å². The molecule has 0 aromatic heterocycles. The molecule has 0 rings (SSSR count). The summed E-state index contributed by atoms with van der Waals surface area (Å²) in [7, 11) is 0. The first-order valence-corrected chi connectivity index (χ1v) is 4.17. The van der Waals surface area contributed by atoms with E-state index in [1.165, 1.54) is 0 Å². The van der Waals surface area contributed by atoms with Crippen LogP contribution in [-0.4, -0.2) is 25.5 Å². The molecule has 0 aliphatic carbocycles. The average Bonchev–Trinajstić information content (AvgIpc) is 1.97. The molecular weight excluding hydrogens is 140 g/mol. The van der Waals surface area contributed by atoms with Gasteiger partial charge < -0.3 is 10.6 Å². The lowest BCUT2D eigenvalue weighted by molar-refractivity contribution is -0.123. The second-order valence-electron chi connectivity index (χ2n) is 2.80. The van der Waals surface area contributed by atoms with Crippen LogP contribution in [0.25, 0.3) is 0 Å². The molecule has 0 aromatic rings. The lowest BCUT2D eigenvalue weighted by atomic mass is 10.2. The molecule has 0 aliphatic rings. The van der Waals surface area contributed by atoms with E-state index in [1.807, 2.05) is 20.8 Å². The first-order chi connectivity index (χ1) is 5.18. The molecule has 0 fully saturated rings. The van der Waals surface area contributed by atoms with Gasteiger partial charge in [-0.1, -0.05) is 20.8 Å². The van der Waals surface area contributed by atoms with Crippen LogP contribution in [0.4, 0.5) is 0 Å². The van der Waals surface area contributed by atoms with Crippen molar-refractivity contribution in [3.8, 4) is 0 Å². The SMILES string of the molecule is CCNCCNC(=O)C(C)C. The third-order valence-electron chi connectivity index (χ3n) is 1.38. The van der Waals surface area contributed by atoms with Crippen molar-refractivity contribution < 1.29 is 4.79 Å². The summed E-state index contributed by atoms with van der Waals surface area (Å²) in [6.07, 6.45) is 0. The minimum absolute atomic E-state index is 0.0941. The number of hydrogen-bond acceptors (Lipinski definition) is 2. The van der Waals surface area contributed by atoms with Crippen molar-refractivity contribution in [3.05, 3.63) is 0 Å². The Morgan fingerprint density at radius 1 is 1.36 bits per heavy atom. The van der Waals surface area contributed by atoms with E-state index in [9.17, 15) is 4.79 Å². The van der Waals surface area contributed by atoms with Gasteiger partial charge in [0.15, 0.2) is 0 Å². The fourth-order valence-corrected chi connectivity index (χ4v) is 0.655. The molecule has 11 heavy (non-hydrogen) atoms. The van der Waals surface area contributed by atoms with Crippen molar-refractivity contribution in [1.29, 1.82) is 0 Å². The van der Waals surface area contributed by atoms with Gasteiger partial charge in [-0.15, -0.1) is 0 Å². The third-order valence-corrected chi connectivity index (χ3v) is 1.38. The smallest absolute Gasteiger partial charge is 0.222 e. The van der Waals surface area contributed by atoms with Crippen molar-refractivity contribution in [2.45, 2.75) is 20.8 Å². The third kappa shape index (κ3) is 5.85. The highest BCUT2D eigenvalue weighted by molar-refractivity contribution is 5.77. The second kappa shape index (κ2) is 6.16. The standard InChI is InChI=1S/C8H18N2O/c1-4-9-5-6-10-8(11)7(2)3/h7,9H,4-6H2,1-3H3,(H,10,11). The Bertz CT molecular complexity index is 113. The van der Waals surface area contributed by atoms with Crippen molar-refractivity contribution in [2.75, 3.05) is 19.6 Å². The average molecular weight is 158 g/mol. The van der Waals surface area contributed by atoms with Gasteiger partial charge in [-0.3, -0.25) is 4.79 Å². The molecule has 0 bridgehead atoms. The number of carbonyl (C=O) groups is 1. The van der Waals surface area contributed by atoms with Crippen molar-refractivity contribution in [2.24, 2.45) is 5.92 Å². The minimum Gasteiger partial charge on any atom is -0.355 e. The van der Waals surface area contributed by atoms with E-state index < -0.39 is 0 Å². The zero-order chi connectivity index (χ0) is 8.69. The van der Waals surface area contributed by atoms with Gasteiger partial charge in [-0.25, -0.2) is 0 Å². The van der Waals surface area contributed by atoms with Gasteiger partial charge in [-0.05, 0) is 6.54 Å². The number of rotatable bonds is 5. The molecule has 0 spiro atoms. The van der Waals surface area contributed by atoms with Crippen molar-refractivity contribution >= 4 is 5.91 Å². The van der Waals surface area contributed by atoms with E-state index in [0.717, 1.165) is 19.6 Å². The van der Waals surface area contributed by atoms with E-state index in [-0.39, 0.29) is 11.8 Å². The largest absolute Gasteiger partial charge is 0.355 e. The van der Waals surface area contributed by atoms with Crippen LogP contribution in [-0.2, 0) is 4.79 Å². The van der Waals surface area contributed by atoms with E-state index in [2.05, 4.69) is 10.6 Å². The molecule has 0 atom stereocenters. The Kier molecular flexibility index (Phi) is 5.84. The summed E-state index contributed by atoms with van der Waals surface area (Å²) in [6.45, 7) is 8.37. The molecule has 0 aromatic carbocycles. The number of nitrogens with one attached hydrogen (secondary N) is 2. The fraction of sp³-hybridized carbons (Fsp3) is 0.875. The number of hydrogen-bond donors (Lipinski definition) is 2. The summed E-state index contributed by atoms with van der Waals surface area (Å²) in [4.78, 5) is 11.0. The van der Waals surface area contributed by atoms with Crippen LogP contribution in [0, 0.1) is 5.92 Å². The van der Waals surface area contributed by atoms with Crippen LogP contribution in [0.5, 0.6) is 0 Å². The van der Waals surface area contributed by atoms with Gasteiger partial charge in [0.1, 0.15) is 0 Å². The lowest BCUT2D eigenvalue weighted by Gasteiger charge is -2.06. The van der Waals surface area contributed by atoms with E-state index in [1.54, 1.807) is 0 Å². The van der Waals surface area contributed by atoms with Crippen LogP contribution < -0.4 is 10.6 Å². The summed E-state index contributed by atoms with van der Waals surface area (Å²) in [6, 6.07) is 0. The summed E-state index contributed by atoms with van der Waals surface area (Å²) < 4.78 is 0. The highest BCUT2D eigenvalue weighted by Crippen LogP contribution is 1.88. The quantitative estimate of drug-likeness (QED) is 0.567. The van der Waals surface area contributed by atoms with Gasteiger partial charge in [0.2, 0.25) is 5.91 Å². The van der Waals surface area contributed by atoms with Gasteiger partial charge in [-0.2, -0.15) is 0 Å². The van der Waals surface area contributed by atoms with Crippen LogP contribution in [0.3, 0.4) is 0 Å². The molecule has 3 heteroatoms. The number of carbonyl (C=O) groups excluding carboxylic acids is 1. The first kappa shape index (κ1) is 10.4. The van der Waals surface area contributed by atoms with Crippen molar-refractivity contribution in [3.63, 3.8) is 0 Å². The molecule has 2 N–H and O–H groups in total.